The molecule has 0 bridgehead atoms. The van der Waals surface area contributed by atoms with Crippen LogP contribution in [0.2, 0.25) is 0 Å². The van der Waals surface area contributed by atoms with E-state index in [0.717, 1.165) is 6.04 Å². The fourth-order valence-corrected chi connectivity index (χ4v) is 2.50. The first-order valence-corrected chi connectivity index (χ1v) is 5.82. The monoisotopic (exact) mass is 249 g/mol. The summed E-state index contributed by atoms with van der Waals surface area (Å²) < 4.78 is 3.64. The minimum atomic E-state index is 0.766. The number of nitrogens with zero attached hydrogens (tertiary/aromatic N) is 1. The topological polar surface area (TPSA) is 4.93 Å². The molecule has 1 aliphatic rings. The maximum atomic E-state index is 3.53. The highest BCUT2D eigenvalue weighted by Crippen LogP contribution is 2.39. The molecule has 1 nitrogen and oxygen atoms in total. The van der Waals surface area contributed by atoms with Crippen LogP contribution in [0.5, 0.6) is 0 Å². The van der Waals surface area contributed by atoms with Crippen LogP contribution in [0.25, 0.3) is 10.9 Å². The molecule has 1 saturated carbocycles. The Labute approximate surface area is 91.9 Å². The van der Waals surface area contributed by atoms with Crippen molar-refractivity contribution in [2.75, 3.05) is 0 Å². The van der Waals surface area contributed by atoms with Gasteiger partial charge in [-0.2, -0.15) is 0 Å². The second-order valence-electron chi connectivity index (χ2n) is 4.09. The van der Waals surface area contributed by atoms with Crippen LogP contribution in [-0.4, -0.2) is 4.57 Å². The van der Waals surface area contributed by atoms with Crippen molar-refractivity contribution in [3.05, 3.63) is 34.4 Å². The molecule has 14 heavy (non-hydrogen) atoms. The smallest absolute Gasteiger partial charge is 0.0496 e. The standard InChI is InChI=1S/C12H12BrN/c1-8-6-9-2-3-10(13)7-12(9)14(8)11-4-5-11/h2-3,6-7,11H,4-5H2,1H3. The lowest BCUT2D eigenvalue weighted by Gasteiger charge is -2.05. The quantitative estimate of drug-likeness (QED) is 0.719. The lowest BCUT2D eigenvalue weighted by molar-refractivity contribution is 0.749. The summed E-state index contributed by atoms with van der Waals surface area (Å²) in [7, 11) is 0. The van der Waals surface area contributed by atoms with Crippen LogP contribution in [-0.2, 0) is 0 Å². The van der Waals surface area contributed by atoms with Gasteiger partial charge in [0.2, 0.25) is 0 Å². The summed E-state index contributed by atoms with van der Waals surface area (Å²) in [5, 5.41) is 1.36. The molecule has 3 rings (SSSR count). The van der Waals surface area contributed by atoms with Crippen LogP contribution in [0, 0.1) is 6.92 Å². The molecular formula is C12H12BrN. The molecule has 0 spiro atoms. The Balaban J connectivity index is 2.34. The minimum absolute atomic E-state index is 0.766. The van der Waals surface area contributed by atoms with Gasteiger partial charge in [0.1, 0.15) is 0 Å². The predicted octanol–water partition coefficient (Wildman–Crippen LogP) is 4.05. The van der Waals surface area contributed by atoms with Crippen molar-refractivity contribution in [2.45, 2.75) is 25.8 Å². The summed E-state index contributed by atoms with van der Waals surface area (Å²) in [5.74, 6) is 0. The molecule has 0 amide bonds. The normalized spacial score (nSPS) is 16.4. The summed E-state index contributed by atoms with van der Waals surface area (Å²) in [4.78, 5) is 0. The molecule has 0 N–H and O–H groups in total. The van der Waals surface area contributed by atoms with Gasteiger partial charge in [-0.25, -0.2) is 0 Å². The first kappa shape index (κ1) is 8.54. The van der Waals surface area contributed by atoms with Crippen molar-refractivity contribution in [3.8, 4) is 0 Å². The molecule has 0 atom stereocenters. The summed E-state index contributed by atoms with van der Waals surface area (Å²) in [6.07, 6.45) is 2.69. The third kappa shape index (κ3) is 1.21. The van der Waals surface area contributed by atoms with E-state index in [-0.39, 0.29) is 0 Å². The Kier molecular flexibility index (Phi) is 1.75. The molecule has 0 aliphatic heterocycles. The van der Waals surface area contributed by atoms with Crippen molar-refractivity contribution in [3.63, 3.8) is 0 Å². The van der Waals surface area contributed by atoms with Gasteiger partial charge in [0, 0.05) is 21.7 Å². The van der Waals surface area contributed by atoms with Crippen LogP contribution in [0.1, 0.15) is 24.6 Å². The molecule has 1 aromatic carbocycles. The first-order chi connectivity index (χ1) is 6.75. The van der Waals surface area contributed by atoms with Gasteiger partial charge >= 0.3 is 0 Å². The number of aryl methyl sites for hydroxylation is 1. The Bertz CT molecular complexity index is 494. The van der Waals surface area contributed by atoms with Crippen LogP contribution in [0.3, 0.4) is 0 Å². The molecule has 0 unspecified atom stereocenters. The molecule has 0 radical (unpaired) electrons. The molecule has 1 aromatic heterocycles. The summed E-state index contributed by atoms with van der Waals surface area (Å²) >= 11 is 3.53. The fourth-order valence-electron chi connectivity index (χ4n) is 2.15. The van der Waals surface area contributed by atoms with Gasteiger partial charge < -0.3 is 4.57 Å². The predicted molar refractivity (Wildman–Crippen MR) is 62.6 cm³/mol. The maximum absolute atomic E-state index is 3.53. The number of aromatic nitrogens is 1. The first-order valence-electron chi connectivity index (χ1n) is 5.03. The van der Waals surface area contributed by atoms with E-state index >= 15 is 0 Å². The van der Waals surface area contributed by atoms with Crippen molar-refractivity contribution in [2.24, 2.45) is 0 Å². The molecule has 1 heterocycles. The Morgan fingerprint density at radius 3 is 2.79 bits per heavy atom. The average Bonchev–Trinajstić information content (AvgIpc) is 2.90. The molecule has 0 saturated heterocycles. The van der Waals surface area contributed by atoms with Crippen molar-refractivity contribution in [1.82, 2.24) is 4.57 Å². The average molecular weight is 250 g/mol. The number of halogens is 1. The van der Waals surface area contributed by atoms with E-state index in [1.165, 1.54) is 33.9 Å². The number of benzene rings is 1. The summed E-state index contributed by atoms with van der Waals surface area (Å²) in [6, 6.07) is 9.56. The molecule has 1 aliphatic carbocycles. The molecule has 72 valence electrons. The lowest BCUT2D eigenvalue weighted by atomic mass is 10.2. The van der Waals surface area contributed by atoms with Gasteiger partial charge in [-0.3, -0.25) is 0 Å². The highest BCUT2D eigenvalue weighted by molar-refractivity contribution is 9.10. The van der Waals surface area contributed by atoms with Crippen molar-refractivity contribution >= 4 is 26.8 Å². The number of rotatable bonds is 1. The van der Waals surface area contributed by atoms with Gasteiger partial charge in [0.25, 0.3) is 0 Å². The molecular weight excluding hydrogens is 238 g/mol. The largest absolute Gasteiger partial charge is 0.342 e. The number of fused-ring (bicyclic) bond motifs is 1. The highest BCUT2D eigenvalue weighted by atomic mass is 79.9. The van der Waals surface area contributed by atoms with E-state index in [1.54, 1.807) is 0 Å². The van der Waals surface area contributed by atoms with Gasteiger partial charge in [-0.1, -0.05) is 22.0 Å². The van der Waals surface area contributed by atoms with Crippen LogP contribution in [0.15, 0.2) is 28.7 Å². The summed E-state index contributed by atoms with van der Waals surface area (Å²) in [5.41, 5.74) is 2.76. The van der Waals surface area contributed by atoms with E-state index in [9.17, 15) is 0 Å². The molecule has 2 aromatic rings. The van der Waals surface area contributed by atoms with Gasteiger partial charge in [-0.15, -0.1) is 0 Å². The Morgan fingerprint density at radius 1 is 1.29 bits per heavy atom. The Hall–Kier alpha value is -0.760. The van der Waals surface area contributed by atoms with Crippen LogP contribution < -0.4 is 0 Å². The van der Waals surface area contributed by atoms with E-state index < -0.39 is 0 Å². The van der Waals surface area contributed by atoms with Gasteiger partial charge in [0.15, 0.2) is 0 Å². The zero-order valence-corrected chi connectivity index (χ0v) is 9.71. The minimum Gasteiger partial charge on any atom is -0.342 e. The van der Waals surface area contributed by atoms with Crippen molar-refractivity contribution in [1.29, 1.82) is 0 Å². The number of hydrogen-bond acceptors (Lipinski definition) is 0. The maximum Gasteiger partial charge on any atom is 0.0496 e. The highest BCUT2D eigenvalue weighted by Gasteiger charge is 2.25. The van der Waals surface area contributed by atoms with Crippen molar-refractivity contribution < 1.29 is 0 Å². The van der Waals surface area contributed by atoms with Gasteiger partial charge in [0.05, 0.1) is 0 Å². The third-order valence-electron chi connectivity index (χ3n) is 2.91. The second kappa shape index (κ2) is 2.86. The molecule has 1 fully saturated rings. The lowest BCUT2D eigenvalue weighted by Crippen LogP contribution is -1.95. The summed E-state index contributed by atoms with van der Waals surface area (Å²) in [6.45, 7) is 2.20. The van der Waals surface area contributed by atoms with E-state index in [1.807, 2.05) is 0 Å². The molecule has 2 heteroatoms. The van der Waals surface area contributed by atoms with Gasteiger partial charge in [-0.05, 0) is 43.4 Å². The van der Waals surface area contributed by atoms with E-state index in [0.29, 0.717) is 0 Å². The SMILES string of the molecule is Cc1cc2ccc(Br)cc2n1C1CC1. The van der Waals surface area contributed by atoms with E-state index in [4.69, 9.17) is 0 Å². The Morgan fingerprint density at radius 2 is 2.07 bits per heavy atom. The second-order valence-corrected chi connectivity index (χ2v) is 5.01. The zero-order chi connectivity index (χ0) is 9.71. The van der Waals surface area contributed by atoms with Crippen LogP contribution in [0.4, 0.5) is 0 Å². The van der Waals surface area contributed by atoms with Crippen LogP contribution >= 0.6 is 15.9 Å². The zero-order valence-electron chi connectivity index (χ0n) is 8.13. The van der Waals surface area contributed by atoms with E-state index in [2.05, 4.69) is 51.7 Å². The fraction of sp³-hybridized carbons (Fsp3) is 0.333. The third-order valence-corrected chi connectivity index (χ3v) is 3.40. The number of hydrogen-bond donors (Lipinski definition) is 0.